The summed E-state index contributed by atoms with van der Waals surface area (Å²) >= 11 is 0. The third-order valence-electron chi connectivity index (χ3n) is 4.26. The first-order valence-electron chi connectivity index (χ1n) is 7.56. The van der Waals surface area contributed by atoms with E-state index in [0.29, 0.717) is 0 Å². The fraction of sp³-hybridized carbons (Fsp3) is 0.211. The Kier molecular flexibility index (Phi) is 4.09. The van der Waals surface area contributed by atoms with Gasteiger partial charge in [0.05, 0.1) is 24.8 Å². The molecule has 3 aromatic rings. The lowest BCUT2D eigenvalue weighted by atomic mass is 9.81. The van der Waals surface area contributed by atoms with Crippen LogP contribution in [0.1, 0.15) is 25.1 Å². The van der Waals surface area contributed by atoms with Gasteiger partial charge in [0.2, 0.25) is 0 Å². The number of hydrogen-bond acceptors (Lipinski definition) is 2. The first-order valence-corrected chi connectivity index (χ1v) is 7.56. The molecular formula is C19H18F2N2O. The molecule has 3 rings (SSSR count). The lowest BCUT2D eigenvalue weighted by Gasteiger charge is -2.27. The Morgan fingerprint density at radius 3 is 2.42 bits per heavy atom. The van der Waals surface area contributed by atoms with Gasteiger partial charge in [-0.05, 0) is 29.8 Å². The maximum absolute atomic E-state index is 13.7. The lowest BCUT2D eigenvalue weighted by Crippen LogP contribution is -2.22. The summed E-state index contributed by atoms with van der Waals surface area (Å²) < 4.78 is 33.8. The Bertz CT molecular complexity index is 854. The highest BCUT2D eigenvalue weighted by Crippen LogP contribution is 2.33. The molecule has 0 spiro atoms. The number of nitrogens with zero attached hydrogens (tertiary/aromatic N) is 2. The standard InChI is InChI=1S/C19H18F2N2O/c1-19(2,13-4-6-14(20)7-5-13)18-11-22-12-23(18)15-8-9-16(21)17(10-15)24-3/h4-12H,1-3H3. The number of methoxy groups -OCH3 is 1. The molecular weight excluding hydrogens is 310 g/mol. The molecule has 0 radical (unpaired) electrons. The molecule has 0 atom stereocenters. The monoisotopic (exact) mass is 328 g/mol. The second kappa shape index (κ2) is 6.07. The molecule has 1 aromatic heterocycles. The van der Waals surface area contributed by atoms with Crippen LogP contribution in [-0.4, -0.2) is 16.7 Å². The molecule has 3 nitrogen and oxygen atoms in total. The summed E-state index contributed by atoms with van der Waals surface area (Å²) in [4.78, 5) is 4.24. The Hall–Kier alpha value is -2.69. The summed E-state index contributed by atoms with van der Waals surface area (Å²) in [6.07, 6.45) is 3.44. The van der Waals surface area contributed by atoms with Gasteiger partial charge in [-0.1, -0.05) is 26.0 Å². The molecule has 0 aliphatic rings. The van der Waals surface area contributed by atoms with Crippen molar-refractivity contribution in [3.63, 3.8) is 0 Å². The Morgan fingerprint density at radius 1 is 1.04 bits per heavy atom. The van der Waals surface area contributed by atoms with E-state index in [1.807, 2.05) is 18.4 Å². The van der Waals surface area contributed by atoms with Gasteiger partial charge < -0.3 is 9.30 Å². The average molecular weight is 328 g/mol. The Balaban J connectivity index is 2.08. The number of halogens is 2. The molecule has 5 heteroatoms. The van der Waals surface area contributed by atoms with Crippen LogP contribution in [0.2, 0.25) is 0 Å². The van der Waals surface area contributed by atoms with Gasteiger partial charge in [0.1, 0.15) is 5.82 Å². The van der Waals surface area contributed by atoms with E-state index in [1.54, 1.807) is 36.8 Å². The van der Waals surface area contributed by atoms with Crippen LogP contribution in [0, 0.1) is 11.6 Å². The van der Waals surface area contributed by atoms with Gasteiger partial charge in [-0.2, -0.15) is 0 Å². The molecule has 0 saturated carbocycles. The van der Waals surface area contributed by atoms with E-state index < -0.39 is 11.2 Å². The van der Waals surface area contributed by atoms with Crippen molar-refractivity contribution in [1.29, 1.82) is 0 Å². The molecule has 0 saturated heterocycles. The summed E-state index contributed by atoms with van der Waals surface area (Å²) in [6.45, 7) is 4.07. The summed E-state index contributed by atoms with van der Waals surface area (Å²) in [5.41, 5.74) is 2.20. The van der Waals surface area contributed by atoms with Crippen molar-refractivity contribution in [2.24, 2.45) is 0 Å². The van der Waals surface area contributed by atoms with Gasteiger partial charge in [-0.3, -0.25) is 0 Å². The van der Waals surface area contributed by atoms with E-state index in [1.165, 1.54) is 25.3 Å². The van der Waals surface area contributed by atoms with Crippen LogP contribution in [0.25, 0.3) is 5.69 Å². The van der Waals surface area contributed by atoms with Gasteiger partial charge >= 0.3 is 0 Å². The van der Waals surface area contributed by atoms with Crippen LogP contribution < -0.4 is 4.74 Å². The van der Waals surface area contributed by atoms with E-state index >= 15 is 0 Å². The van der Waals surface area contributed by atoms with Gasteiger partial charge in [-0.25, -0.2) is 13.8 Å². The van der Waals surface area contributed by atoms with E-state index in [0.717, 1.165) is 16.9 Å². The largest absolute Gasteiger partial charge is 0.494 e. The number of ether oxygens (including phenoxy) is 1. The highest BCUT2D eigenvalue weighted by atomic mass is 19.1. The minimum Gasteiger partial charge on any atom is -0.494 e. The summed E-state index contributed by atoms with van der Waals surface area (Å²) in [6, 6.07) is 11.1. The number of hydrogen-bond donors (Lipinski definition) is 0. The molecule has 0 aliphatic heterocycles. The molecule has 0 amide bonds. The topological polar surface area (TPSA) is 27.1 Å². The van der Waals surface area contributed by atoms with Crippen LogP contribution in [0.4, 0.5) is 8.78 Å². The molecule has 0 aliphatic carbocycles. The second-order valence-electron chi connectivity index (χ2n) is 6.10. The number of benzene rings is 2. The molecule has 1 heterocycles. The number of rotatable bonds is 4. The summed E-state index contributed by atoms with van der Waals surface area (Å²) in [7, 11) is 1.43. The number of imidazole rings is 1. The fourth-order valence-electron chi connectivity index (χ4n) is 2.78. The second-order valence-corrected chi connectivity index (χ2v) is 6.10. The first kappa shape index (κ1) is 16.2. The third kappa shape index (κ3) is 2.77. The Labute approximate surface area is 139 Å². The van der Waals surface area contributed by atoms with Crippen molar-refractivity contribution in [2.75, 3.05) is 7.11 Å². The average Bonchev–Trinajstić information content (AvgIpc) is 3.06. The molecule has 0 N–H and O–H groups in total. The van der Waals surface area contributed by atoms with Crippen molar-refractivity contribution in [2.45, 2.75) is 19.3 Å². The molecule has 0 fully saturated rings. The summed E-state index contributed by atoms with van der Waals surface area (Å²) in [5.74, 6) is -0.515. The highest BCUT2D eigenvalue weighted by Gasteiger charge is 2.27. The zero-order chi connectivity index (χ0) is 17.3. The van der Waals surface area contributed by atoms with Crippen molar-refractivity contribution in [3.8, 4) is 11.4 Å². The SMILES string of the molecule is COc1cc(-n2cncc2C(C)(C)c2ccc(F)cc2)ccc1F. The third-order valence-corrected chi connectivity index (χ3v) is 4.26. The van der Waals surface area contributed by atoms with Crippen molar-refractivity contribution < 1.29 is 13.5 Å². The lowest BCUT2D eigenvalue weighted by molar-refractivity contribution is 0.386. The molecule has 124 valence electrons. The van der Waals surface area contributed by atoms with Gasteiger partial charge in [-0.15, -0.1) is 0 Å². The van der Waals surface area contributed by atoms with Crippen molar-refractivity contribution >= 4 is 0 Å². The minimum atomic E-state index is -0.416. The fourth-order valence-corrected chi connectivity index (χ4v) is 2.78. The predicted octanol–water partition coefficient (Wildman–Crippen LogP) is 4.49. The van der Waals surface area contributed by atoms with E-state index in [2.05, 4.69) is 4.98 Å². The van der Waals surface area contributed by atoms with E-state index in [9.17, 15) is 8.78 Å². The highest BCUT2D eigenvalue weighted by molar-refractivity contribution is 5.44. The maximum atomic E-state index is 13.7. The van der Waals surface area contributed by atoms with Crippen LogP contribution >= 0.6 is 0 Å². The molecule has 0 bridgehead atoms. The van der Waals surface area contributed by atoms with Crippen LogP contribution in [-0.2, 0) is 5.41 Å². The van der Waals surface area contributed by atoms with Crippen LogP contribution in [0.5, 0.6) is 5.75 Å². The van der Waals surface area contributed by atoms with Crippen LogP contribution in [0.3, 0.4) is 0 Å². The summed E-state index contributed by atoms with van der Waals surface area (Å²) in [5, 5.41) is 0. The zero-order valence-corrected chi connectivity index (χ0v) is 13.8. The zero-order valence-electron chi connectivity index (χ0n) is 13.8. The maximum Gasteiger partial charge on any atom is 0.165 e. The van der Waals surface area contributed by atoms with E-state index in [-0.39, 0.29) is 11.6 Å². The first-order chi connectivity index (χ1) is 11.4. The quantitative estimate of drug-likeness (QED) is 0.706. The van der Waals surface area contributed by atoms with Gasteiger partial charge in [0.15, 0.2) is 11.6 Å². The predicted molar refractivity (Wildman–Crippen MR) is 88.6 cm³/mol. The smallest absolute Gasteiger partial charge is 0.165 e. The van der Waals surface area contributed by atoms with Gasteiger partial charge in [0.25, 0.3) is 0 Å². The molecule has 2 aromatic carbocycles. The number of aromatic nitrogens is 2. The van der Waals surface area contributed by atoms with Gasteiger partial charge in [0, 0.05) is 17.7 Å². The normalized spacial score (nSPS) is 11.5. The van der Waals surface area contributed by atoms with Crippen LogP contribution in [0.15, 0.2) is 55.0 Å². The minimum absolute atomic E-state index is 0.173. The molecule has 0 unspecified atom stereocenters. The molecule has 24 heavy (non-hydrogen) atoms. The van der Waals surface area contributed by atoms with Crippen molar-refractivity contribution in [1.82, 2.24) is 9.55 Å². The Morgan fingerprint density at radius 2 is 1.75 bits per heavy atom. The van der Waals surface area contributed by atoms with E-state index in [4.69, 9.17) is 4.74 Å². The van der Waals surface area contributed by atoms with Crippen molar-refractivity contribution in [3.05, 3.63) is 77.9 Å².